The van der Waals surface area contributed by atoms with E-state index in [9.17, 15) is 18.8 Å². The smallest absolute Gasteiger partial charge is 0.219 e. The molecule has 0 radical (unpaired) electrons. The Morgan fingerprint density at radius 2 is 1.82 bits per heavy atom. The fraction of sp³-hybridized carbons (Fsp3) is 0.345. The molecule has 7 nitrogen and oxygen atoms in total. The molecule has 0 N–H and O–H groups in total. The number of ether oxygens (including phenoxy) is 1. The SMILES string of the molecule is COc1c(N2CCN(C(C)=O)C(C)C2)c(F)cc2c(=O)c(C(=O)C=Cc3ccc(F)cc3)cn(C3CC3)c12. The third kappa shape index (κ3) is 4.68. The number of hydrogen-bond donors (Lipinski definition) is 0. The molecule has 198 valence electrons. The molecule has 1 amide bonds. The summed E-state index contributed by atoms with van der Waals surface area (Å²) >= 11 is 0. The molecule has 1 unspecified atom stereocenters. The zero-order valence-corrected chi connectivity index (χ0v) is 21.5. The number of ketones is 1. The van der Waals surface area contributed by atoms with Crippen LogP contribution in [0.15, 0.2) is 47.4 Å². The van der Waals surface area contributed by atoms with Crippen LogP contribution in [0.1, 0.15) is 48.7 Å². The third-order valence-electron chi connectivity index (χ3n) is 7.25. The van der Waals surface area contributed by atoms with Gasteiger partial charge in [0.05, 0.1) is 23.6 Å². The molecule has 0 spiro atoms. The number of benzene rings is 2. The van der Waals surface area contributed by atoms with Gasteiger partial charge in [-0.3, -0.25) is 14.4 Å². The Balaban J connectivity index is 1.60. The van der Waals surface area contributed by atoms with Crippen molar-refractivity contribution < 1.29 is 23.1 Å². The first kappa shape index (κ1) is 25.6. The average molecular weight is 522 g/mol. The largest absolute Gasteiger partial charge is 0.492 e. The van der Waals surface area contributed by atoms with Crippen molar-refractivity contribution in [1.82, 2.24) is 9.47 Å². The van der Waals surface area contributed by atoms with Crippen LogP contribution in [0, 0.1) is 11.6 Å². The maximum absolute atomic E-state index is 15.7. The van der Waals surface area contributed by atoms with Crippen molar-refractivity contribution in [2.75, 3.05) is 31.6 Å². The monoisotopic (exact) mass is 521 g/mol. The van der Waals surface area contributed by atoms with E-state index in [1.807, 2.05) is 16.4 Å². The van der Waals surface area contributed by atoms with E-state index in [4.69, 9.17) is 4.74 Å². The van der Waals surface area contributed by atoms with E-state index in [-0.39, 0.29) is 46.2 Å². The normalized spacial score (nSPS) is 17.9. The lowest BCUT2D eigenvalue weighted by Gasteiger charge is -2.41. The number of methoxy groups -OCH3 is 1. The number of aromatic nitrogens is 1. The van der Waals surface area contributed by atoms with E-state index < -0.39 is 17.0 Å². The number of rotatable bonds is 6. The molecule has 1 aromatic heterocycles. The number of fused-ring (bicyclic) bond motifs is 1. The van der Waals surface area contributed by atoms with Gasteiger partial charge < -0.3 is 19.1 Å². The molecule has 1 aliphatic carbocycles. The summed E-state index contributed by atoms with van der Waals surface area (Å²) in [4.78, 5) is 42.1. The van der Waals surface area contributed by atoms with E-state index in [1.165, 1.54) is 56.5 Å². The number of piperazine rings is 1. The van der Waals surface area contributed by atoms with Crippen molar-refractivity contribution in [2.24, 2.45) is 0 Å². The number of carbonyl (C=O) groups excluding carboxylic acids is 2. The molecule has 2 aliphatic rings. The summed E-state index contributed by atoms with van der Waals surface area (Å²) in [5.41, 5.74) is 0.667. The predicted molar refractivity (Wildman–Crippen MR) is 142 cm³/mol. The second-order valence-electron chi connectivity index (χ2n) is 9.90. The van der Waals surface area contributed by atoms with Crippen LogP contribution < -0.4 is 15.1 Å². The first-order valence-corrected chi connectivity index (χ1v) is 12.6. The van der Waals surface area contributed by atoms with Crippen LogP contribution in [0.5, 0.6) is 5.75 Å². The van der Waals surface area contributed by atoms with E-state index in [0.717, 1.165) is 12.8 Å². The second kappa shape index (κ2) is 10.0. The Morgan fingerprint density at radius 3 is 2.42 bits per heavy atom. The Labute approximate surface area is 218 Å². The number of anilines is 1. The first-order valence-electron chi connectivity index (χ1n) is 12.6. The number of amides is 1. The molecule has 2 fully saturated rings. The van der Waals surface area contributed by atoms with E-state index in [2.05, 4.69) is 0 Å². The topological polar surface area (TPSA) is 71.8 Å². The fourth-order valence-electron chi connectivity index (χ4n) is 5.21. The van der Waals surface area contributed by atoms with Gasteiger partial charge in [0, 0.05) is 44.8 Å². The van der Waals surface area contributed by atoms with Gasteiger partial charge in [-0.05, 0) is 49.6 Å². The van der Waals surface area contributed by atoms with Crippen LogP contribution in [0.3, 0.4) is 0 Å². The highest BCUT2D eigenvalue weighted by molar-refractivity contribution is 6.08. The van der Waals surface area contributed by atoms with Gasteiger partial charge in [-0.15, -0.1) is 0 Å². The zero-order valence-electron chi connectivity index (χ0n) is 21.5. The number of carbonyl (C=O) groups is 2. The Kier molecular flexibility index (Phi) is 6.77. The highest BCUT2D eigenvalue weighted by Gasteiger charge is 2.33. The lowest BCUT2D eigenvalue weighted by molar-refractivity contribution is -0.131. The maximum atomic E-state index is 15.7. The highest BCUT2D eigenvalue weighted by atomic mass is 19.1. The van der Waals surface area contributed by atoms with Crippen molar-refractivity contribution in [3.63, 3.8) is 0 Å². The molecule has 5 rings (SSSR count). The molecular weight excluding hydrogens is 492 g/mol. The second-order valence-corrected chi connectivity index (χ2v) is 9.90. The third-order valence-corrected chi connectivity index (χ3v) is 7.25. The summed E-state index contributed by atoms with van der Waals surface area (Å²) in [6.07, 6.45) is 6.05. The summed E-state index contributed by atoms with van der Waals surface area (Å²) in [7, 11) is 1.44. The van der Waals surface area contributed by atoms with E-state index in [0.29, 0.717) is 30.7 Å². The number of allylic oxidation sites excluding steroid dienone is 1. The first-order chi connectivity index (χ1) is 18.2. The van der Waals surface area contributed by atoms with Gasteiger partial charge in [-0.1, -0.05) is 18.2 Å². The van der Waals surface area contributed by atoms with Crippen LogP contribution in [0.25, 0.3) is 17.0 Å². The van der Waals surface area contributed by atoms with Crippen LogP contribution in [0.4, 0.5) is 14.5 Å². The fourth-order valence-corrected chi connectivity index (χ4v) is 5.21. The minimum Gasteiger partial charge on any atom is -0.492 e. The average Bonchev–Trinajstić information content (AvgIpc) is 3.73. The molecule has 3 aromatic rings. The predicted octanol–water partition coefficient (Wildman–Crippen LogP) is 4.58. The van der Waals surface area contributed by atoms with Crippen LogP contribution in [0.2, 0.25) is 0 Å². The Hall–Kier alpha value is -4.01. The van der Waals surface area contributed by atoms with Crippen LogP contribution in [-0.2, 0) is 4.79 Å². The Bertz CT molecular complexity index is 1510. The highest BCUT2D eigenvalue weighted by Crippen LogP contribution is 2.44. The number of pyridine rings is 1. The van der Waals surface area contributed by atoms with Gasteiger partial charge in [-0.2, -0.15) is 0 Å². The molecule has 1 aliphatic heterocycles. The lowest BCUT2D eigenvalue weighted by atomic mass is 10.0. The van der Waals surface area contributed by atoms with Crippen LogP contribution >= 0.6 is 0 Å². The van der Waals surface area contributed by atoms with Crippen molar-refractivity contribution in [3.8, 4) is 5.75 Å². The van der Waals surface area contributed by atoms with Gasteiger partial charge in [0.15, 0.2) is 17.3 Å². The Morgan fingerprint density at radius 1 is 1.11 bits per heavy atom. The molecule has 1 saturated carbocycles. The van der Waals surface area contributed by atoms with Crippen molar-refractivity contribution in [2.45, 2.75) is 38.8 Å². The summed E-state index contributed by atoms with van der Waals surface area (Å²) in [5.74, 6) is -1.32. The van der Waals surface area contributed by atoms with Crippen molar-refractivity contribution in [1.29, 1.82) is 0 Å². The van der Waals surface area contributed by atoms with Gasteiger partial charge in [0.25, 0.3) is 0 Å². The number of nitrogens with zero attached hydrogens (tertiary/aromatic N) is 3. The summed E-state index contributed by atoms with van der Waals surface area (Å²) in [5, 5.41) is 0.0754. The summed E-state index contributed by atoms with van der Waals surface area (Å²) in [6.45, 7) is 4.71. The minimum absolute atomic E-state index is 0.0312. The molecule has 38 heavy (non-hydrogen) atoms. The maximum Gasteiger partial charge on any atom is 0.219 e. The van der Waals surface area contributed by atoms with Crippen LogP contribution in [-0.4, -0.2) is 53.9 Å². The summed E-state index contributed by atoms with van der Waals surface area (Å²) in [6, 6.07) is 6.76. The minimum atomic E-state index is -0.622. The van der Waals surface area contributed by atoms with E-state index >= 15 is 4.39 Å². The molecule has 1 saturated heterocycles. The number of halogens is 2. The van der Waals surface area contributed by atoms with Gasteiger partial charge in [0.1, 0.15) is 11.5 Å². The molecule has 2 aromatic carbocycles. The summed E-state index contributed by atoms with van der Waals surface area (Å²) < 4.78 is 36.5. The lowest BCUT2D eigenvalue weighted by Crippen LogP contribution is -2.53. The zero-order chi connectivity index (χ0) is 27.1. The molecule has 1 atom stereocenters. The standard InChI is InChI=1S/C29H29F2N3O4/c1-17-15-32(12-13-33(17)18(2)35)27-24(31)14-22-26(29(27)38-3)34(21-9-10-21)16-23(28(22)37)25(36)11-6-19-4-7-20(30)8-5-19/h4-8,11,14,16-17,21H,9-10,12-13,15H2,1-3H3. The molecule has 0 bridgehead atoms. The van der Waals surface area contributed by atoms with Crippen molar-refractivity contribution in [3.05, 3.63) is 75.6 Å². The van der Waals surface area contributed by atoms with Gasteiger partial charge >= 0.3 is 0 Å². The quantitative estimate of drug-likeness (QED) is 0.351. The number of hydrogen-bond acceptors (Lipinski definition) is 5. The molecule has 2 heterocycles. The molecule has 9 heteroatoms. The molecular formula is C29H29F2N3O4. The van der Waals surface area contributed by atoms with E-state index in [1.54, 1.807) is 11.1 Å². The van der Waals surface area contributed by atoms with Gasteiger partial charge in [0.2, 0.25) is 11.3 Å². The van der Waals surface area contributed by atoms with Gasteiger partial charge in [-0.25, -0.2) is 8.78 Å². The van der Waals surface area contributed by atoms with Crippen molar-refractivity contribution >= 4 is 34.4 Å².